The van der Waals surface area contributed by atoms with Crippen LogP contribution in [0.25, 0.3) is 0 Å². The number of amides is 1. The minimum Gasteiger partial charge on any atom is -0.379 e. The summed E-state index contributed by atoms with van der Waals surface area (Å²) in [6.45, 7) is 5.18. The van der Waals surface area contributed by atoms with E-state index >= 15 is 0 Å². The molecule has 0 aliphatic carbocycles. The molecule has 1 aliphatic heterocycles. The lowest BCUT2D eigenvalue weighted by Crippen LogP contribution is -2.38. The fourth-order valence-electron chi connectivity index (χ4n) is 3.29. The molecule has 0 radical (unpaired) electrons. The van der Waals surface area contributed by atoms with Crippen molar-refractivity contribution in [3.05, 3.63) is 64.7 Å². The van der Waals surface area contributed by atoms with Crippen LogP contribution in [0.3, 0.4) is 0 Å². The van der Waals surface area contributed by atoms with Gasteiger partial charge in [0.05, 0.1) is 13.2 Å². The lowest BCUT2D eigenvalue weighted by Gasteiger charge is -2.26. The maximum atomic E-state index is 12.3. The summed E-state index contributed by atoms with van der Waals surface area (Å²) in [7, 11) is 1.73. The molecule has 174 valence electrons. The van der Waals surface area contributed by atoms with Crippen molar-refractivity contribution in [2.75, 3.05) is 45.2 Å². The number of anilines is 1. The summed E-state index contributed by atoms with van der Waals surface area (Å²) in [5, 5.41) is 10.3. The summed E-state index contributed by atoms with van der Waals surface area (Å²) >= 11 is 6.21. The monoisotopic (exact) mass is 571 g/mol. The molecule has 0 atom stereocenters. The van der Waals surface area contributed by atoms with Crippen molar-refractivity contribution in [2.45, 2.75) is 19.5 Å². The predicted molar refractivity (Wildman–Crippen MR) is 141 cm³/mol. The van der Waals surface area contributed by atoms with Gasteiger partial charge in [-0.15, -0.1) is 24.0 Å². The Morgan fingerprint density at radius 1 is 1.09 bits per heavy atom. The summed E-state index contributed by atoms with van der Waals surface area (Å²) in [4.78, 5) is 18.8. The van der Waals surface area contributed by atoms with Gasteiger partial charge < -0.3 is 20.7 Å². The molecule has 7 nitrogen and oxygen atoms in total. The molecular formula is C23H31ClIN5O2. The Morgan fingerprint density at radius 3 is 2.59 bits per heavy atom. The number of rotatable bonds is 8. The molecule has 1 heterocycles. The van der Waals surface area contributed by atoms with Crippen LogP contribution in [0.5, 0.6) is 0 Å². The molecular weight excluding hydrogens is 541 g/mol. The van der Waals surface area contributed by atoms with Gasteiger partial charge in [0.1, 0.15) is 0 Å². The second-order valence-corrected chi connectivity index (χ2v) is 7.73. The highest BCUT2D eigenvalue weighted by molar-refractivity contribution is 14.0. The Kier molecular flexibility index (Phi) is 11.8. The van der Waals surface area contributed by atoms with Crippen LogP contribution in [0.4, 0.5) is 5.69 Å². The van der Waals surface area contributed by atoms with Crippen molar-refractivity contribution in [1.82, 2.24) is 15.5 Å². The average molecular weight is 572 g/mol. The summed E-state index contributed by atoms with van der Waals surface area (Å²) in [5.74, 6) is 0.702. The SMILES string of the molecule is CN=C(NCc1cccc(NC(=O)CCN2CCOCC2)c1)NCc1ccccc1Cl.I. The van der Waals surface area contributed by atoms with Crippen LogP contribution in [-0.2, 0) is 22.6 Å². The number of guanidine groups is 1. The van der Waals surface area contributed by atoms with Crippen LogP contribution in [0.15, 0.2) is 53.5 Å². The first-order valence-corrected chi connectivity index (χ1v) is 10.9. The van der Waals surface area contributed by atoms with E-state index in [0.29, 0.717) is 25.5 Å². The first kappa shape index (κ1) is 26.4. The van der Waals surface area contributed by atoms with Gasteiger partial charge in [-0.1, -0.05) is 41.9 Å². The molecule has 0 aromatic heterocycles. The smallest absolute Gasteiger partial charge is 0.225 e. The topological polar surface area (TPSA) is 78.0 Å². The molecule has 1 fully saturated rings. The number of ether oxygens (including phenoxy) is 1. The molecule has 0 saturated carbocycles. The van der Waals surface area contributed by atoms with Gasteiger partial charge in [0, 0.05) is 56.9 Å². The molecule has 2 aromatic carbocycles. The van der Waals surface area contributed by atoms with Gasteiger partial charge in [-0.25, -0.2) is 0 Å². The second kappa shape index (κ2) is 14.3. The van der Waals surface area contributed by atoms with Crippen molar-refractivity contribution < 1.29 is 9.53 Å². The number of carbonyl (C=O) groups excluding carboxylic acids is 1. The van der Waals surface area contributed by atoms with Crippen LogP contribution >= 0.6 is 35.6 Å². The zero-order valence-corrected chi connectivity index (χ0v) is 21.4. The molecule has 3 N–H and O–H groups in total. The quantitative estimate of drug-likeness (QED) is 0.257. The molecule has 1 saturated heterocycles. The van der Waals surface area contributed by atoms with E-state index in [9.17, 15) is 4.79 Å². The van der Waals surface area contributed by atoms with Gasteiger partial charge in [0.15, 0.2) is 5.96 Å². The summed E-state index contributed by atoms with van der Waals surface area (Å²) in [6.07, 6.45) is 0.473. The highest BCUT2D eigenvalue weighted by Crippen LogP contribution is 2.14. The number of morpholine rings is 1. The van der Waals surface area contributed by atoms with Crippen LogP contribution < -0.4 is 16.0 Å². The highest BCUT2D eigenvalue weighted by atomic mass is 127. The van der Waals surface area contributed by atoms with Crippen LogP contribution in [0.2, 0.25) is 5.02 Å². The minimum absolute atomic E-state index is 0. The lowest BCUT2D eigenvalue weighted by molar-refractivity contribution is -0.116. The Bertz CT molecular complexity index is 890. The van der Waals surface area contributed by atoms with Crippen molar-refractivity contribution in [1.29, 1.82) is 0 Å². The number of nitrogens with zero attached hydrogens (tertiary/aromatic N) is 2. The van der Waals surface area contributed by atoms with Crippen LogP contribution in [0.1, 0.15) is 17.5 Å². The summed E-state index contributed by atoms with van der Waals surface area (Å²) < 4.78 is 5.34. The fraction of sp³-hybridized carbons (Fsp3) is 0.391. The van der Waals surface area contributed by atoms with Crippen LogP contribution in [-0.4, -0.2) is 56.7 Å². The largest absolute Gasteiger partial charge is 0.379 e. The number of benzene rings is 2. The van der Waals surface area contributed by atoms with Gasteiger partial charge in [-0.3, -0.25) is 14.7 Å². The van der Waals surface area contributed by atoms with Gasteiger partial charge in [0.2, 0.25) is 5.91 Å². The molecule has 3 rings (SSSR count). The van der Waals surface area contributed by atoms with Gasteiger partial charge in [-0.05, 0) is 29.3 Å². The molecule has 1 amide bonds. The van der Waals surface area contributed by atoms with E-state index in [1.165, 1.54) is 0 Å². The Labute approximate surface area is 212 Å². The number of carbonyl (C=O) groups is 1. The van der Waals surface area contributed by atoms with Crippen molar-refractivity contribution in [3.63, 3.8) is 0 Å². The Morgan fingerprint density at radius 2 is 1.84 bits per heavy atom. The fourth-order valence-corrected chi connectivity index (χ4v) is 3.50. The number of hydrogen-bond acceptors (Lipinski definition) is 4. The van der Waals surface area contributed by atoms with Gasteiger partial charge in [0.25, 0.3) is 0 Å². The molecule has 0 unspecified atom stereocenters. The zero-order valence-electron chi connectivity index (χ0n) is 18.3. The summed E-state index contributed by atoms with van der Waals surface area (Å²) in [5.41, 5.74) is 2.85. The van der Waals surface area contributed by atoms with Gasteiger partial charge in [-0.2, -0.15) is 0 Å². The molecule has 1 aliphatic rings. The minimum atomic E-state index is 0. The maximum absolute atomic E-state index is 12.3. The van der Waals surface area contributed by atoms with E-state index in [2.05, 4.69) is 25.8 Å². The molecule has 9 heteroatoms. The van der Waals surface area contributed by atoms with Crippen molar-refractivity contribution in [3.8, 4) is 0 Å². The van der Waals surface area contributed by atoms with E-state index in [1.807, 2.05) is 48.5 Å². The third-order valence-electron chi connectivity index (χ3n) is 5.06. The molecule has 2 aromatic rings. The van der Waals surface area contributed by atoms with E-state index in [0.717, 1.165) is 54.7 Å². The third-order valence-corrected chi connectivity index (χ3v) is 5.43. The first-order chi connectivity index (χ1) is 15.1. The highest BCUT2D eigenvalue weighted by Gasteiger charge is 2.12. The normalized spacial score (nSPS) is 14.4. The molecule has 0 spiro atoms. The number of halogens is 2. The standard InChI is InChI=1S/C23H30ClN5O2.HI/c1-25-23(27-17-19-6-2-3-8-21(19)24)26-16-18-5-4-7-20(15-18)28-22(30)9-10-29-11-13-31-14-12-29;/h2-8,15H,9-14,16-17H2,1H3,(H,28,30)(H2,25,26,27);1H. The van der Waals surface area contributed by atoms with Gasteiger partial charge >= 0.3 is 0 Å². The second-order valence-electron chi connectivity index (χ2n) is 7.32. The number of nitrogens with one attached hydrogen (secondary N) is 3. The average Bonchev–Trinajstić information content (AvgIpc) is 2.80. The summed E-state index contributed by atoms with van der Waals surface area (Å²) in [6, 6.07) is 15.5. The van der Waals surface area contributed by atoms with Crippen molar-refractivity contribution >= 4 is 53.1 Å². The molecule has 0 bridgehead atoms. The predicted octanol–water partition coefficient (Wildman–Crippen LogP) is 3.48. The van der Waals surface area contributed by atoms with E-state index in [1.54, 1.807) is 7.05 Å². The zero-order chi connectivity index (χ0) is 21.9. The first-order valence-electron chi connectivity index (χ1n) is 10.5. The van der Waals surface area contributed by atoms with E-state index < -0.39 is 0 Å². The van der Waals surface area contributed by atoms with Crippen molar-refractivity contribution in [2.24, 2.45) is 4.99 Å². The maximum Gasteiger partial charge on any atom is 0.225 e. The van der Waals surface area contributed by atoms with Crippen LogP contribution in [0, 0.1) is 0 Å². The van der Waals surface area contributed by atoms with E-state index in [-0.39, 0.29) is 29.9 Å². The number of hydrogen-bond donors (Lipinski definition) is 3. The number of aliphatic imine (C=N–C) groups is 1. The molecule has 32 heavy (non-hydrogen) atoms. The lowest BCUT2D eigenvalue weighted by atomic mass is 10.2. The Hall–Kier alpha value is -1.88. The van der Waals surface area contributed by atoms with E-state index in [4.69, 9.17) is 16.3 Å². The third kappa shape index (κ3) is 8.93. The Balaban J connectivity index is 0.00000363.